The topological polar surface area (TPSA) is 41.8 Å². The summed E-state index contributed by atoms with van der Waals surface area (Å²) in [5, 5.41) is 11.5. The lowest BCUT2D eigenvalue weighted by Crippen LogP contribution is -1.97. The first kappa shape index (κ1) is 22.5. The summed E-state index contributed by atoms with van der Waals surface area (Å²) >= 11 is 0. The largest absolute Gasteiger partial charge is 0.494 e. The fourth-order valence-corrected chi connectivity index (χ4v) is 3.20. The SMILES string of the molecule is CCCCCCCCCCCCCCCCOc1ccc(/C=N/O)cc1. The van der Waals surface area contributed by atoms with Crippen molar-refractivity contribution in [3.63, 3.8) is 0 Å². The van der Waals surface area contributed by atoms with Crippen LogP contribution in [-0.4, -0.2) is 18.0 Å². The van der Waals surface area contributed by atoms with E-state index in [1.165, 1.54) is 89.7 Å². The van der Waals surface area contributed by atoms with E-state index in [-0.39, 0.29) is 0 Å². The second-order valence-electron chi connectivity index (χ2n) is 7.26. The molecular weight excluding hydrogens is 322 g/mol. The van der Waals surface area contributed by atoms with Gasteiger partial charge in [0.2, 0.25) is 0 Å². The number of oxime groups is 1. The molecule has 0 radical (unpaired) electrons. The second kappa shape index (κ2) is 16.9. The van der Waals surface area contributed by atoms with Crippen molar-refractivity contribution in [2.75, 3.05) is 6.61 Å². The molecule has 1 aromatic carbocycles. The highest BCUT2D eigenvalue weighted by Gasteiger charge is 1.96. The Hall–Kier alpha value is -1.51. The van der Waals surface area contributed by atoms with Gasteiger partial charge in [0.05, 0.1) is 12.8 Å². The Morgan fingerprint density at radius 1 is 0.731 bits per heavy atom. The number of benzene rings is 1. The molecule has 0 bridgehead atoms. The predicted molar refractivity (Wildman–Crippen MR) is 112 cm³/mol. The van der Waals surface area contributed by atoms with E-state index in [4.69, 9.17) is 9.94 Å². The van der Waals surface area contributed by atoms with E-state index in [2.05, 4.69) is 12.1 Å². The molecule has 1 rings (SSSR count). The van der Waals surface area contributed by atoms with E-state index in [9.17, 15) is 0 Å². The molecule has 0 amide bonds. The van der Waals surface area contributed by atoms with E-state index in [1.54, 1.807) is 0 Å². The van der Waals surface area contributed by atoms with Gasteiger partial charge in [-0.05, 0) is 36.2 Å². The number of rotatable bonds is 17. The molecule has 26 heavy (non-hydrogen) atoms. The zero-order valence-corrected chi connectivity index (χ0v) is 16.8. The molecule has 1 N–H and O–H groups in total. The lowest BCUT2D eigenvalue weighted by Gasteiger charge is -2.06. The summed E-state index contributed by atoms with van der Waals surface area (Å²) < 4.78 is 5.74. The average molecular weight is 362 g/mol. The molecule has 0 aliphatic carbocycles. The van der Waals surface area contributed by atoms with E-state index < -0.39 is 0 Å². The fraction of sp³-hybridized carbons (Fsp3) is 0.696. The van der Waals surface area contributed by atoms with E-state index >= 15 is 0 Å². The standard InChI is InChI=1S/C23H39NO2/c1-2-3-4-5-6-7-8-9-10-11-12-13-14-15-20-26-23-18-16-22(17-19-23)21-24-25/h16-19,21,25H,2-15,20H2,1H3/b24-21+. The van der Waals surface area contributed by atoms with Crippen molar-refractivity contribution in [3.05, 3.63) is 29.8 Å². The molecule has 0 saturated heterocycles. The molecule has 0 aromatic heterocycles. The third-order valence-electron chi connectivity index (χ3n) is 4.85. The van der Waals surface area contributed by atoms with Crippen molar-refractivity contribution < 1.29 is 9.94 Å². The van der Waals surface area contributed by atoms with Crippen LogP contribution in [0.2, 0.25) is 0 Å². The Balaban J connectivity index is 1.82. The van der Waals surface area contributed by atoms with Crippen molar-refractivity contribution in [1.29, 1.82) is 0 Å². The molecule has 0 fully saturated rings. The Kier molecular flexibility index (Phi) is 14.7. The smallest absolute Gasteiger partial charge is 0.119 e. The quantitative estimate of drug-likeness (QED) is 0.136. The number of unbranched alkanes of at least 4 members (excludes halogenated alkanes) is 13. The van der Waals surface area contributed by atoms with Crippen molar-refractivity contribution in [2.45, 2.75) is 96.8 Å². The van der Waals surface area contributed by atoms with Gasteiger partial charge in [0.25, 0.3) is 0 Å². The molecule has 0 aliphatic heterocycles. The zero-order valence-electron chi connectivity index (χ0n) is 16.8. The van der Waals surface area contributed by atoms with E-state index in [1.807, 2.05) is 24.3 Å². The Morgan fingerprint density at radius 3 is 1.65 bits per heavy atom. The van der Waals surface area contributed by atoms with Gasteiger partial charge in [0.15, 0.2) is 0 Å². The van der Waals surface area contributed by atoms with Gasteiger partial charge in [-0.25, -0.2) is 0 Å². The minimum absolute atomic E-state index is 0.783. The number of nitrogens with zero attached hydrogens (tertiary/aromatic N) is 1. The predicted octanol–water partition coefficient (Wildman–Crippen LogP) is 7.35. The third-order valence-corrected chi connectivity index (χ3v) is 4.85. The molecule has 1 aromatic rings. The van der Waals surface area contributed by atoms with Crippen LogP contribution < -0.4 is 4.74 Å². The first-order valence-electron chi connectivity index (χ1n) is 10.8. The van der Waals surface area contributed by atoms with Crippen LogP contribution in [0.1, 0.15) is 102 Å². The van der Waals surface area contributed by atoms with Crippen LogP contribution >= 0.6 is 0 Å². The first-order valence-corrected chi connectivity index (χ1v) is 10.8. The summed E-state index contributed by atoms with van der Waals surface area (Å²) in [6, 6.07) is 7.61. The Bertz CT molecular complexity index is 442. The first-order chi connectivity index (χ1) is 12.9. The van der Waals surface area contributed by atoms with Crippen LogP contribution in [0.5, 0.6) is 5.75 Å². The molecule has 0 atom stereocenters. The molecule has 0 unspecified atom stereocenters. The maximum Gasteiger partial charge on any atom is 0.119 e. The number of hydrogen-bond donors (Lipinski definition) is 1. The van der Waals surface area contributed by atoms with Crippen LogP contribution in [0, 0.1) is 0 Å². The fourth-order valence-electron chi connectivity index (χ4n) is 3.20. The van der Waals surface area contributed by atoms with Crippen LogP contribution in [0.3, 0.4) is 0 Å². The van der Waals surface area contributed by atoms with Gasteiger partial charge in [-0.3, -0.25) is 0 Å². The van der Waals surface area contributed by atoms with Gasteiger partial charge in [0, 0.05) is 0 Å². The Morgan fingerprint density at radius 2 is 1.19 bits per heavy atom. The van der Waals surface area contributed by atoms with Crippen molar-refractivity contribution in [3.8, 4) is 5.75 Å². The van der Waals surface area contributed by atoms with Crippen molar-refractivity contribution >= 4 is 6.21 Å². The van der Waals surface area contributed by atoms with E-state index in [0.29, 0.717) is 0 Å². The average Bonchev–Trinajstić information content (AvgIpc) is 2.66. The van der Waals surface area contributed by atoms with Gasteiger partial charge in [-0.2, -0.15) is 0 Å². The number of hydrogen-bond acceptors (Lipinski definition) is 3. The van der Waals surface area contributed by atoms with Crippen LogP contribution in [0.15, 0.2) is 29.4 Å². The molecule has 148 valence electrons. The number of ether oxygens (including phenoxy) is 1. The Labute approximate surface area is 160 Å². The summed E-state index contributed by atoms with van der Waals surface area (Å²) in [7, 11) is 0. The maximum atomic E-state index is 8.48. The normalized spacial score (nSPS) is 11.3. The molecule has 3 nitrogen and oxygen atoms in total. The highest BCUT2D eigenvalue weighted by molar-refractivity contribution is 5.79. The van der Waals surface area contributed by atoms with Crippen LogP contribution in [-0.2, 0) is 0 Å². The van der Waals surface area contributed by atoms with Gasteiger partial charge in [-0.1, -0.05) is 95.6 Å². The highest BCUT2D eigenvalue weighted by atomic mass is 16.5. The summed E-state index contributed by atoms with van der Waals surface area (Å²) in [4.78, 5) is 0. The molecule has 0 aliphatic rings. The minimum atomic E-state index is 0.783. The van der Waals surface area contributed by atoms with Crippen molar-refractivity contribution in [1.82, 2.24) is 0 Å². The molecule has 3 heteroatoms. The van der Waals surface area contributed by atoms with Gasteiger partial charge in [-0.15, -0.1) is 0 Å². The molecule has 0 saturated carbocycles. The lowest BCUT2D eigenvalue weighted by molar-refractivity contribution is 0.304. The second-order valence-corrected chi connectivity index (χ2v) is 7.26. The van der Waals surface area contributed by atoms with Crippen LogP contribution in [0.4, 0.5) is 0 Å². The highest BCUT2D eigenvalue weighted by Crippen LogP contribution is 2.14. The van der Waals surface area contributed by atoms with Crippen molar-refractivity contribution in [2.24, 2.45) is 5.16 Å². The monoisotopic (exact) mass is 361 g/mol. The van der Waals surface area contributed by atoms with Crippen LogP contribution in [0.25, 0.3) is 0 Å². The van der Waals surface area contributed by atoms with E-state index in [0.717, 1.165) is 24.3 Å². The molecular formula is C23H39NO2. The molecule has 0 spiro atoms. The third kappa shape index (κ3) is 12.8. The van der Waals surface area contributed by atoms with Gasteiger partial charge >= 0.3 is 0 Å². The maximum absolute atomic E-state index is 8.48. The summed E-state index contributed by atoms with van der Waals surface area (Å²) in [6.07, 6.45) is 20.7. The summed E-state index contributed by atoms with van der Waals surface area (Å²) in [6.45, 7) is 3.06. The molecule has 0 heterocycles. The summed E-state index contributed by atoms with van der Waals surface area (Å²) in [5.41, 5.74) is 0.872. The zero-order chi connectivity index (χ0) is 18.7. The summed E-state index contributed by atoms with van der Waals surface area (Å²) in [5.74, 6) is 0.884. The van der Waals surface area contributed by atoms with Gasteiger partial charge < -0.3 is 9.94 Å². The lowest BCUT2D eigenvalue weighted by atomic mass is 10.0. The minimum Gasteiger partial charge on any atom is -0.494 e. The van der Waals surface area contributed by atoms with Gasteiger partial charge in [0.1, 0.15) is 5.75 Å².